The van der Waals surface area contributed by atoms with Crippen molar-refractivity contribution >= 4 is 35.4 Å². The maximum atomic E-state index is 12.1. The Morgan fingerprint density at radius 3 is 2.59 bits per heavy atom. The SMILES string of the molecule is COc1ccc(/C=C/C(=O)O[C@@H](C)C(=O)Nc2ccc(Cl)cn2)c(OC)c1. The van der Waals surface area contributed by atoms with E-state index in [2.05, 4.69) is 10.3 Å². The Kier molecular flexibility index (Phi) is 7.19. The van der Waals surface area contributed by atoms with E-state index in [-0.39, 0.29) is 0 Å². The van der Waals surface area contributed by atoms with Crippen LogP contribution < -0.4 is 14.8 Å². The van der Waals surface area contributed by atoms with Crippen molar-refractivity contribution in [3.63, 3.8) is 0 Å². The quantitative estimate of drug-likeness (QED) is 0.576. The van der Waals surface area contributed by atoms with Crippen LogP contribution in [0, 0.1) is 0 Å². The molecule has 2 aromatic rings. The molecule has 1 heterocycles. The molecule has 0 aliphatic carbocycles. The number of hydrogen-bond acceptors (Lipinski definition) is 6. The smallest absolute Gasteiger partial charge is 0.331 e. The summed E-state index contributed by atoms with van der Waals surface area (Å²) in [5.41, 5.74) is 0.665. The monoisotopic (exact) mass is 390 g/mol. The van der Waals surface area contributed by atoms with Crippen LogP contribution in [0.1, 0.15) is 12.5 Å². The van der Waals surface area contributed by atoms with Gasteiger partial charge in [0.05, 0.1) is 19.2 Å². The number of methoxy groups -OCH3 is 2. The van der Waals surface area contributed by atoms with E-state index in [9.17, 15) is 9.59 Å². The van der Waals surface area contributed by atoms with Crippen LogP contribution >= 0.6 is 11.6 Å². The summed E-state index contributed by atoms with van der Waals surface area (Å²) in [7, 11) is 3.06. The first-order valence-corrected chi connectivity index (χ1v) is 8.34. The molecule has 0 aliphatic rings. The highest BCUT2D eigenvalue weighted by atomic mass is 35.5. The predicted molar refractivity (Wildman–Crippen MR) is 102 cm³/mol. The van der Waals surface area contributed by atoms with Crippen LogP contribution in [0.3, 0.4) is 0 Å². The van der Waals surface area contributed by atoms with Gasteiger partial charge in [-0.25, -0.2) is 9.78 Å². The summed E-state index contributed by atoms with van der Waals surface area (Å²) in [6, 6.07) is 8.31. The number of anilines is 1. The minimum Gasteiger partial charge on any atom is -0.497 e. The molecule has 1 amide bonds. The molecule has 2 rings (SSSR count). The van der Waals surface area contributed by atoms with Gasteiger partial charge in [0.25, 0.3) is 5.91 Å². The third-order valence-corrected chi connectivity index (χ3v) is 3.70. The van der Waals surface area contributed by atoms with Crippen molar-refractivity contribution in [2.75, 3.05) is 19.5 Å². The van der Waals surface area contributed by atoms with Gasteiger partial charge < -0.3 is 19.5 Å². The Labute approximate surface area is 161 Å². The van der Waals surface area contributed by atoms with Gasteiger partial charge in [-0.05, 0) is 37.3 Å². The topological polar surface area (TPSA) is 86.8 Å². The van der Waals surface area contributed by atoms with E-state index in [0.29, 0.717) is 27.9 Å². The molecular formula is C19H19ClN2O5. The lowest BCUT2D eigenvalue weighted by atomic mass is 10.1. The number of amides is 1. The minimum absolute atomic E-state index is 0.311. The molecule has 0 unspecified atom stereocenters. The molecule has 1 aromatic heterocycles. The number of halogens is 1. The van der Waals surface area contributed by atoms with Gasteiger partial charge in [-0.3, -0.25) is 4.79 Å². The summed E-state index contributed by atoms with van der Waals surface area (Å²) in [6.07, 6.45) is 3.15. The minimum atomic E-state index is -1.00. The largest absolute Gasteiger partial charge is 0.497 e. The molecule has 27 heavy (non-hydrogen) atoms. The summed E-state index contributed by atoms with van der Waals surface area (Å²) in [5, 5.41) is 2.99. The maximum Gasteiger partial charge on any atom is 0.331 e. The van der Waals surface area contributed by atoms with Gasteiger partial charge >= 0.3 is 5.97 Å². The van der Waals surface area contributed by atoms with E-state index >= 15 is 0 Å². The lowest BCUT2D eigenvalue weighted by Crippen LogP contribution is -2.29. The number of carbonyl (C=O) groups is 2. The van der Waals surface area contributed by atoms with Crippen LogP contribution in [0.25, 0.3) is 6.08 Å². The van der Waals surface area contributed by atoms with Gasteiger partial charge in [-0.2, -0.15) is 0 Å². The van der Waals surface area contributed by atoms with Gasteiger partial charge in [0.2, 0.25) is 0 Å². The summed E-state index contributed by atoms with van der Waals surface area (Å²) >= 11 is 5.74. The second-order valence-electron chi connectivity index (χ2n) is 5.37. The number of nitrogens with zero attached hydrogens (tertiary/aromatic N) is 1. The third-order valence-electron chi connectivity index (χ3n) is 3.48. The number of carbonyl (C=O) groups excluding carboxylic acids is 2. The van der Waals surface area contributed by atoms with Gasteiger partial charge in [-0.1, -0.05) is 11.6 Å². The summed E-state index contributed by atoms with van der Waals surface area (Å²) in [5.74, 6) is 0.310. The van der Waals surface area contributed by atoms with Crippen LogP contribution in [0.15, 0.2) is 42.6 Å². The number of ether oxygens (including phenoxy) is 3. The lowest BCUT2D eigenvalue weighted by Gasteiger charge is -2.12. The number of aromatic nitrogens is 1. The van der Waals surface area contributed by atoms with Crippen LogP contribution in [0.4, 0.5) is 5.82 Å². The average molecular weight is 391 g/mol. The van der Waals surface area contributed by atoms with Crippen LogP contribution in [-0.4, -0.2) is 37.2 Å². The zero-order valence-electron chi connectivity index (χ0n) is 15.1. The number of benzene rings is 1. The Bertz CT molecular complexity index is 836. The molecule has 7 nitrogen and oxygen atoms in total. The molecular weight excluding hydrogens is 372 g/mol. The number of rotatable bonds is 7. The fraction of sp³-hybridized carbons (Fsp3) is 0.211. The van der Waals surface area contributed by atoms with E-state index in [0.717, 1.165) is 0 Å². The molecule has 0 fully saturated rings. The summed E-state index contributed by atoms with van der Waals surface area (Å²) in [6.45, 7) is 1.46. The molecule has 0 bridgehead atoms. The zero-order valence-corrected chi connectivity index (χ0v) is 15.8. The Morgan fingerprint density at radius 2 is 1.96 bits per heavy atom. The van der Waals surface area contributed by atoms with Crippen molar-refractivity contribution in [3.05, 3.63) is 53.2 Å². The maximum absolute atomic E-state index is 12.1. The molecule has 142 valence electrons. The van der Waals surface area contributed by atoms with Gasteiger partial charge in [0.15, 0.2) is 6.10 Å². The van der Waals surface area contributed by atoms with Crippen molar-refractivity contribution in [3.8, 4) is 11.5 Å². The van der Waals surface area contributed by atoms with Crippen molar-refractivity contribution in [2.24, 2.45) is 0 Å². The van der Waals surface area contributed by atoms with E-state index in [4.69, 9.17) is 25.8 Å². The molecule has 0 spiro atoms. The number of pyridine rings is 1. The van der Waals surface area contributed by atoms with Crippen molar-refractivity contribution in [1.29, 1.82) is 0 Å². The van der Waals surface area contributed by atoms with Crippen molar-refractivity contribution < 1.29 is 23.8 Å². The van der Waals surface area contributed by atoms with Gasteiger partial charge in [-0.15, -0.1) is 0 Å². The third kappa shape index (κ3) is 6.00. The molecule has 1 atom stereocenters. The molecule has 1 aromatic carbocycles. The highest BCUT2D eigenvalue weighted by molar-refractivity contribution is 6.30. The number of esters is 1. The first-order valence-electron chi connectivity index (χ1n) is 7.96. The second kappa shape index (κ2) is 9.59. The number of nitrogens with one attached hydrogen (secondary N) is 1. The fourth-order valence-corrected chi connectivity index (χ4v) is 2.17. The highest BCUT2D eigenvalue weighted by Crippen LogP contribution is 2.25. The Balaban J connectivity index is 1.95. The highest BCUT2D eigenvalue weighted by Gasteiger charge is 2.17. The lowest BCUT2D eigenvalue weighted by molar-refractivity contribution is -0.148. The zero-order chi connectivity index (χ0) is 19.8. The Hall–Kier alpha value is -3.06. The van der Waals surface area contributed by atoms with Crippen LogP contribution in [0.2, 0.25) is 5.02 Å². The van der Waals surface area contributed by atoms with E-state index < -0.39 is 18.0 Å². The summed E-state index contributed by atoms with van der Waals surface area (Å²) < 4.78 is 15.5. The predicted octanol–water partition coefficient (Wildman–Crippen LogP) is 3.34. The van der Waals surface area contributed by atoms with Crippen LogP contribution in [0.5, 0.6) is 11.5 Å². The molecule has 8 heteroatoms. The molecule has 0 saturated heterocycles. The molecule has 1 N–H and O–H groups in total. The fourth-order valence-electron chi connectivity index (χ4n) is 2.06. The van der Waals surface area contributed by atoms with Gasteiger partial charge in [0.1, 0.15) is 17.3 Å². The second-order valence-corrected chi connectivity index (χ2v) is 5.81. The van der Waals surface area contributed by atoms with Crippen molar-refractivity contribution in [2.45, 2.75) is 13.0 Å². The standard InChI is InChI=1S/C19H19ClN2O5/c1-12(19(24)22-17-8-6-14(20)11-21-17)27-18(23)9-5-13-4-7-15(25-2)10-16(13)26-3/h4-12H,1-3H3,(H,21,22,24)/b9-5+/t12-/m0/s1. The van der Waals surface area contributed by atoms with Gasteiger partial charge in [0, 0.05) is 23.9 Å². The van der Waals surface area contributed by atoms with E-state index in [1.54, 1.807) is 37.4 Å². The van der Waals surface area contributed by atoms with Crippen LogP contribution in [-0.2, 0) is 14.3 Å². The molecule has 0 saturated carbocycles. The first-order chi connectivity index (χ1) is 12.9. The van der Waals surface area contributed by atoms with E-state index in [1.165, 1.54) is 32.4 Å². The molecule has 0 aliphatic heterocycles. The van der Waals surface area contributed by atoms with E-state index in [1.807, 2.05) is 0 Å². The normalized spacial score (nSPS) is 11.7. The molecule has 0 radical (unpaired) electrons. The first kappa shape index (κ1) is 20.3. The Morgan fingerprint density at radius 1 is 1.19 bits per heavy atom. The average Bonchev–Trinajstić information content (AvgIpc) is 2.67. The summed E-state index contributed by atoms with van der Waals surface area (Å²) in [4.78, 5) is 28.0. The number of hydrogen-bond donors (Lipinski definition) is 1. The van der Waals surface area contributed by atoms with Crippen molar-refractivity contribution in [1.82, 2.24) is 4.98 Å².